The normalized spacial score (nSPS) is 22.7. The maximum Gasteiger partial charge on any atom is 0.324 e. The van der Waals surface area contributed by atoms with Gasteiger partial charge >= 0.3 is 6.03 Å². The first-order valence-electron chi connectivity index (χ1n) is 7.85. The Morgan fingerprint density at radius 1 is 1.19 bits per heavy atom. The van der Waals surface area contributed by atoms with Crippen molar-refractivity contribution < 1.29 is 9.59 Å². The molecule has 2 aliphatic rings. The molecule has 4 nitrogen and oxygen atoms in total. The summed E-state index contributed by atoms with van der Waals surface area (Å²) in [5, 5.41) is 0. The van der Waals surface area contributed by atoms with Crippen LogP contribution in [-0.4, -0.2) is 36.3 Å². The lowest BCUT2D eigenvalue weighted by molar-refractivity contribution is 0.0983. The SMILES string of the molecule is CC1CCCN(C(=O)N2CCCC(=O)c3ccccc32)C1. The molecule has 1 aromatic rings. The van der Waals surface area contributed by atoms with E-state index in [2.05, 4.69) is 6.92 Å². The van der Waals surface area contributed by atoms with Crippen LogP contribution in [0.1, 0.15) is 43.0 Å². The van der Waals surface area contributed by atoms with Crippen molar-refractivity contribution in [2.24, 2.45) is 5.92 Å². The standard InChI is InChI=1S/C17H22N2O2/c1-13-6-4-10-18(12-13)17(21)19-11-5-9-16(20)14-7-2-3-8-15(14)19/h2-3,7-8,13H,4-6,9-12H2,1H3. The maximum absolute atomic E-state index is 12.9. The predicted octanol–water partition coefficient (Wildman–Crippen LogP) is 3.32. The van der Waals surface area contributed by atoms with E-state index in [0.717, 1.165) is 31.6 Å². The van der Waals surface area contributed by atoms with Crippen LogP contribution in [0.3, 0.4) is 0 Å². The first kappa shape index (κ1) is 14.1. The Morgan fingerprint density at radius 3 is 2.81 bits per heavy atom. The number of hydrogen-bond acceptors (Lipinski definition) is 2. The van der Waals surface area contributed by atoms with Crippen molar-refractivity contribution in [3.63, 3.8) is 0 Å². The Balaban J connectivity index is 1.89. The monoisotopic (exact) mass is 286 g/mol. The number of likely N-dealkylation sites (tertiary alicyclic amines) is 1. The average molecular weight is 286 g/mol. The van der Waals surface area contributed by atoms with E-state index >= 15 is 0 Å². The second-order valence-corrected chi connectivity index (χ2v) is 6.17. The van der Waals surface area contributed by atoms with E-state index in [9.17, 15) is 9.59 Å². The fraction of sp³-hybridized carbons (Fsp3) is 0.529. The van der Waals surface area contributed by atoms with E-state index in [-0.39, 0.29) is 11.8 Å². The second kappa shape index (κ2) is 5.88. The molecule has 0 N–H and O–H groups in total. The number of urea groups is 1. The largest absolute Gasteiger partial charge is 0.324 e. The summed E-state index contributed by atoms with van der Waals surface area (Å²) in [6.07, 6.45) is 3.53. The van der Waals surface area contributed by atoms with Crippen molar-refractivity contribution >= 4 is 17.5 Å². The molecule has 0 aromatic heterocycles. The van der Waals surface area contributed by atoms with Crippen molar-refractivity contribution in [3.05, 3.63) is 29.8 Å². The molecule has 2 heterocycles. The molecule has 1 fully saturated rings. The number of amides is 2. The third kappa shape index (κ3) is 2.80. The second-order valence-electron chi connectivity index (χ2n) is 6.17. The first-order valence-corrected chi connectivity index (χ1v) is 7.85. The molecule has 21 heavy (non-hydrogen) atoms. The van der Waals surface area contributed by atoms with Gasteiger partial charge < -0.3 is 4.90 Å². The predicted molar refractivity (Wildman–Crippen MR) is 82.7 cm³/mol. The molecule has 112 valence electrons. The van der Waals surface area contributed by atoms with E-state index in [1.807, 2.05) is 29.2 Å². The minimum absolute atomic E-state index is 0.0590. The number of Topliss-reactive ketones (excluding diaryl/α,β-unsaturated/α-hetero) is 1. The van der Waals surface area contributed by atoms with Gasteiger partial charge in [0.15, 0.2) is 5.78 Å². The van der Waals surface area contributed by atoms with Crippen LogP contribution in [0.5, 0.6) is 0 Å². The number of hydrogen-bond donors (Lipinski definition) is 0. The lowest BCUT2D eigenvalue weighted by Gasteiger charge is -2.35. The lowest BCUT2D eigenvalue weighted by Crippen LogP contribution is -2.47. The molecular weight excluding hydrogens is 264 g/mol. The van der Waals surface area contributed by atoms with Crippen LogP contribution in [0.15, 0.2) is 24.3 Å². The minimum atomic E-state index is 0.0590. The molecule has 4 heteroatoms. The molecule has 2 amide bonds. The first-order chi connectivity index (χ1) is 10.2. The quantitative estimate of drug-likeness (QED) is 0.734. The number of benzene rings is 1. The number of nitrogens with zero attached hydrogens (tertiary/aromatic N) is 2. The molecule has 1 unspecified atom stereocenters. The number of carbonyl (C=O) groups excluding carboxylic acids is 2. The molecule has 1 atom stereocenters. The number of carbonyl (C=O) groups is 2. The Bertz CT molecular complexity index is 555. The summed E-state index contributed by atoms with van der Waals surface area (Å²) in [5.41, 5.74) is 1.47. The molecule has 2 aliphatic heterocycles. The molecular formula is C17H22N2O2. The van der Waals surface area contributed by atoms with Gasteiger partial charge in [-0.2, -0.15) is 0 Å². The highest BCUT2D eigenvalue weighted by atomic mass is 16.2. The maximum atomic E-state index is 12.9. The van der Waals surface area contributed by atoms with Crippen LogP contribution in [-0.2, 0) is 0 Å². The van der Waals surface area contributed by atoms with Gasteiger partial charge in [-0.3, -0.25) is 9.69 Å². The van der Waals surface area contributed by atoms with Crippen LogP contribution < -0.4 is 4.90 Å². The van der Waals surface area contributed by atoms with Gasteiger partial charge in [-0.15, -0.1) is 0 Å². The number of anilines is 1. The van der Waals surface area contributed by atoms with Gasteiger partial charge in [0.25, 0.3) is 0 Å². The number of fused-ring (bicyclic) bond motifs is 1. The molecule has 3 rings (SSSR count). The third-order valence-corrected chi connectivity index (χ3v) is 4.44. The number of ketones is 1. The van der Waals surface area contributed by atoms with Gasteiger partial charge in [0, 0.05) is 31.6 Å². The van der Waals surface area contributed by atoms with E-state index < -0.39 is 0 Å². The van der Waals surface area contributed by atoms with Gasteiger partial charge in [-0.05, 0) is 37.3 Å². The highest BCUT2D eigenvalue weighted by Crippen LogP contribution is 2.28. The fourth-order valence-corrected chi connectivity index (χ4v) is 3.33. The molecule has 1 saturated heterocycles. The van der Waals surface area contributed by atoms with Crippen LogP contribution in [0.2, 0.25) is 0 Å². The minimum Gasteiger partial charge on any atom is -0.324 e. The van der Waals surface area contributed by atoms with E-state index in [1.165, 1.54) is 6.42 Å². The Labute approximate surface area is 125 Å². The Kier molecular flexibility index (Phi) is 3.95. The van der Waals surface area contributed by atoms with Crippen LogP contribution in [0, 0.1) is 5.92 Å². The van der Waals surface area contributed by atoms with Gasteiger partial charge in [-0.1, -0.05) is 19.1 Å². The topological polar surface area (TPSA) is 40.6 Å². The highest BCUT2D eigenvalue weighted by molar-refractivity contribution is 6.06. The molecule has 0 saturated carbocycles. The smallest absolute Gasteiger partial charge is 0.324 e. The van der Waals surface area contributed by atoms with Crippen LogP contribution in [0.4, 0.5) is 10.5 Å². The molecule has 0 bridgehead atoms. The molecule has 0 aliphatic carbocycles. The molecule has 1 aromatic carbocycles. The zero-order valence-electron chi connectivity index (χ0n) is 12.5. The van der Waals surface area contributed by atoms with Crippen molar-refractivity contribution in [2.45, 2.75) is 32.6 Å². The number of rotatable bonds is 0. The van der Waals surface area contributed by atoms with Crippen molar-refractivity contribution in [2.75, 3.05) is 24.5 Å². The van der Waals surface area contributed by atoms with Gasteiger partial charge in [0.05, 0.1) is 5.69 Å². The van der Waals surface area contributed by atoms with Gasteiger partial charge in [0.2, 0.25) is 0 Å². The number of piperidine rings is 1. The van der Waals surface area contributed by atoms with Crippen molar-refractivity contribution in [1.82, 2.24) is 4.90 Å². The van der Waals surface area contributed by atoms with Crippen molar-refractivity contribution in [3.8, 4) is 0 Å². The summed E-state index contributed by atoms with van der Waals surface area (Å²) in [7, 11) is 0. The summed E-state index contributed by atoms with van der Waals surface area (Å²) in [5.74, 6) is 0.708. The Hall–Kier alpha value is -1.84. The average Bonchev–Trinajstić information content (AvgIpc) is 2.66. The summed E-state index contributed by atoms with van der Waals surface area (Å²) >= 11 is 0. The third-order valence-electron chi connectivity index (χ3n) is 4.44. The van der Waals surface area contributed by atoms with Crippen LogP contribution in [0.25, 0.3) is 0 Å². The van der Waals surface area contributed by atoms with Gasteiger partial charge in [-0.25, -0.2) is 4.79 Å². The summed E-state index contributed by atoms with van der Waals surface area (Å²) in [4.78, 5) is 28.8. The molecule has 0 radical (unpaired) electrons. The lowest BCUT2D eigenvalue weighted by atomic mass is 10.0. The van der Waals surface area contributed by atoms with E-state index in [0.29, 0.717) is 24.4 Å². The highest BCUT2D eigenvalue weighted by Gasteiger charge is 2.29. The van der Waals surface area contributed by atoms with E-state index in [4.69, 9.17) is 0 Å². The van der Waals surface area contributed by atoms with E-state index in [1.54, 1.807) is 4.90 Å². The summed E-state index contributed by atoms with van der Waals surface area (Å²) < 4.78 is 0. The summed E-state index contributed by atoms with van der Waals surface area (Å²) in [6, 6.07) is 7.56. The summed E-state index contributed by atoms with van der Waals surface area (Å²) in [6.45, 7) is 4.48. The zero-order chi connectivity index (χ0) is 14.8. The number of para-hydroxylation sites is 1. The zero-order valence-corrected chi connectivity index (χ0v) is 12.5. The van der Waals surface area contributed by atoms with Gasteiger partial charge in [0.1, 0.15) is 0 Å². The fourth-order valence-electron chi connectivity index (χ4n) is 3.33. The van der Waals surface area contributed by atoms with Crippen LogP contribution >= 0.6 is 0 Å². The Morgan fingerprint density at radius 2 is 2.00 bits per heavy atom. The molecule has 0 spiro atoms. The van der Waals surface area contributed by atoms with Crippen molar-refractivity contribution in [1.29, 1.82) is 0 Å².